The summed E-state index contributed by atoms with van der Waals surface area (Å²) >= 11 is 5.22. The normalized spacial score (nSPS) is 10.1. The van der Waals surface area contributed by atoms with Crippen LogP contribution < -0.4 is 5.32 Å². The van der Waals surface area contributed by atoms with Gasteiger partial charge in [-0.1, -0.05) is 11.6 Å². The van der Waals surface area contributed by atoms with Crippen LogP contribution in [0.25, 0.3) is 0 Å². The van der Waals surface area contributed by atoms with Gasteiger partial charge in [0, 0.05) is 19.0 Å². The largest absolute Gasteiger partial charge is 0.505 e. The number of phenols is 1. The smallest absolute Gasteiger partial charge is 0.217 e. The van der Waals surface area contributed by atoms with Gasteiger partial charge in [0.05, 0.1) is 0 Å². The van der Waals surface area contributed by atoms with Gasteiger partial charge in [0.2, 0.25) is 5.91 Å². The minimum atomic E-state index is -1.22. The van der Waals surface area contributed by atoms with Gasteiger partial charge < -0.3 is 10.4 Å². The van der Waals surface area contributed by atoms with Gasteiger partial charge in [-0.25, -0.2) is 8.78 Å². The van der Waals surface area contributed by atoms with Gasteiger partial charge in [0.15, 0.2) is 11.6 Å². The quantitative estimate of drug-likeness (QED) is 0.770. The van der Waals surface area contributed by atoms with Crippen LogP contribution in [0, 0.1) is 11.6 Å². The molecule has 0 unspecified atom stereocenters. The molecule has 2 N–H and O–H groups in total. The van der Waals surface area contributed by atoms with Crippen molar-refractivity contribution < 1.29 is 18.7 Å². The molecule has 15 heavy (non-hydrogen) atoms. The van der Waals surface area contributed by atoms with Crippen molar-refractivity contribution in [3.8, 4) is 5.75 Å². The van der Waals surface area contributed by atoms with Crippen molar-refractivity contribution in [2.75, 3.05) is 0 Å². The molecule has 0 bridgehead atoms. The number of amides is 1. The number of hydrogen-bond acceptors (Lipinski definition) is 2. The maximum absolute atomic E-state index is 13.0. The fraction of sp³-hybridized carbons (Fsp3) is 0.222. The molecule has 1 amide bonds. The van der Waals surface area contributed by atoms with Crippen molar-refractivity contribution in [2.24, 2.45) is 0 Å². The molecule has 3 nitrogen and oxygen atoms in total. The Morgan fingerprint density at radius 3 is 2.73 bits per heavy atom. The molecule has 0 atom stereocenters. The van der Waals surface area contributed by atoms with Gasteiger partial charge >= 0.3 is 0 Å². The Labute approximate surface area is 89.7 Å². The molecule has 0 saturated carbocycles. The lowest BCUT2D eigenvalue weighted by atomic mass is 10.2. The molecule has 1 aromatic carbocycles. The zero-order valence-electron chi connectivity index (χ0n) is 7.77. The van der Waals surface area contributed by atoms with Gasteiger partial charge in [0.25, 0.3) is 0 Å². The van der Waals surface area contributed by atoms with Crippen molar-refractivity contribution in [2.45, 2.75) is 13.5 Å². The van der Waals surface area contributed by atoms with Crippen LogP contribution in [-0.2, 0) is 11.3 Å². The monoisotopic (exact) mass is 235 g/mol. The third-order valence-corrected chi connectivity index (χ3v) is 2.09. The third kappa shape index (κ3) is 2.56. The average Bonchev–Trinajstić information content (AvgIpc) is 2.18. The molecular weight excluding hydrogens is 228 g/mol. The van der Waals surface area contributed by atoms with Crippen LogP contribution >= 0.6 is 11.6 Å². The van der Waals surface area contributed by atoms with Crippen LogP contribution in [0.2, 0.25) is 5.02 Å². The highest BCUT2D eigenvalue weighted by atomic mass is 35.5. The first-order chi connectivity index (χ1) is 6.93. The van der Waals surface area contributed by atoms with E-state index in [2.05, 4.69) is 5.32 Å². The van der Waals surface area contributed by atoms with E-state index in [1.54, 1.807) is 0 Å². The van der Waals surface area contributed by atoms with Crippen molar-refractivity contribution >= 4 is 17.5 Å². The number of rotatable bonds is 2. The zero-order valence-corrected chi connectivity index (χ0v) is 8.53. The SMILES string of the molecule is CC(=O)NCc1cc(F)c(Cl)c(F)c1O. The van der Waals surface area contributed by atoms with Crippen LogP contribution in [0.1, 0.15) is 12.5 Å². The first-order valence-electron chi connectivity index (χ1n) is 4.03. The maximum Gasteiger partial charge on any atom is 0.217 e. The number of hydrogen-bond donors (Lipinski definition) is 2. The summed E-state index contributed by atoms with van der Waals surface area (Å²) in [6.45, 7) is 1.09. The standard InChI is InChI=1S/C9H8ClF2NO2/c1-4(14)13-3-5-2-6(11)7(10)8(12)9(5)15/h2,15H,3H2,1H3,(H,13,14). The minimum Gasteiger partial charge on any atom is -0.505 e. The number of benzene rings is 1. The Hall–Kier alpha value is -1.36. The second-order valence-corrected chi connectivity index (χ2v) is 3.28. The average molecular weight is 236 g/mol. The number of nitrogens with one attached hydrogen (secondary N) is 1. The molecule has 82 valence electrons. The van der Waals surface area contributed by atoms with E-state index >= 15 is 0 Å². The van der Waals surface area contributed by atoms with Crippen molar-refractivity contribution in [1.29, 1.82) is 0 Å². The van der Waals surface area contributed by atoms with Gasteiger partial charge in [-0.05, 0) is 6.07 Å². The lowest BCUT2D eigenvalue weighted by Crippen LogP contribution is -2.19. The predicted octanol–water partition coefficient (Wildman–Crippen LogP) is 1.96. The summed E-state index contributed by atoms with van der Waals surface area (Å²) in [6.07, 6.45) is 0. The van der Waals surface area contributed by atoms with E-state index in [4.69, 9.17) is 11.6 Å². The number of aromatic hydroxyl groups is 1. The first-order valence-corrected chi connectivity index (χ1v) is 4.41. The van der Waals surface area contributed by atoms with Gasteiger partial charge in [-0.2, -0.15) is 0 Å². The summed E-state index contributed by atoms with van der Waals surface area (Å²) in [6, 6.07) is 0.872. The molecule has 0 aromatic heterocycles. The highest BCUT2D eigenvalue weighted by Crippen LogP contribution is 2.30. The second kappa shape index (κ2) is 4.44. The molecular formula is C9H8ClF2NO2. The van der Waals surface area contributed by atoms with Crippen molar-refractivity contribution in [3.63, 3.8) is 0 Å². The lowest BCUT2D eigenvalue weighted by molar-refractivity contribution is -0.119. The summed E-state index contributed by atoms with van der Waals surface area (Å²) in [5.74, 6) is -3.33. The number of carbonyl (C=O) groups is 1. The first kappa shape index (κ1) is 11.7. The molecule has 0 saturated heterocycles. The predicted molar refractivity (Wildman–Crippen MR) is 50.6 cm³/mol. The van der Waals surface area contributed by atoms with Gasteiger partial charge in [-0.15, -0.1) is 0 Å². The lowest BCUT2D eigenvalue weighted by Gasteiger charge is -2.07. The Morgan fingerprint density at radius 1 is 1.60 bits per heavy atom. The Morgan fingerprint density at radius 2 is 2.20 bits per heavy atom. The van der Waals surface area contributed by atoms with E-state index in [0.29, 0.717) is 0 Å². The van der Waals surface area contributed by atoms with E-state index < -0.39 is 22.4 Å². The van der Waals surface area contributed by atoms with Crippen LogP contribution in [0.4, 0.5) is 8.78 Å². The molecule has 0 aliphatic heterocycles. The molecule has 0 aliphatic rings. The third-order valence-electron chi connectivity index (χ3n) is 1.74. The molecule has 1 rings (SSSR count). The van der Waals surface area contributed by atoms with Gasteiger partial charge in [-0.3, -0.25) is 4.79 Å². The summed E-state index contributed by atoms with van der Waals surface area (Å²) in [7, 11) is 0. The summed E-state index contributed by atoms with van der Waals surface area (Å²) in [4.78, 5) is 10.6. The van der Waals surface area contributed by atoms with E-state index in [0.717, 1.165) is 6.07 Å². The minimum absolute atomic E-state index is 0.0652. The second-order valence-electron chi connectivity index (χ2n) is 2.90. The number of carbonyl (C=O) groups excluding carboxylic acids is 1. The summed E-state index contributed by atoms with van der Waals surface area (Å²) in [5.41, 5.74) is -0.0652. The highest BCUT2D eigenvalue weighted by Gasteiger charge is 2.16. The van der Waals surface area contributed by atoms with Crippen molar-refractivity contribution in [1.82, 2.24) is 5.32 Å². The van der Waals surface area contributed by atoms with E-state index in [1.165, 1.54) is 6.92 Å². The molecule has 0 heterocycles. The summed E-state index contributed by atoms with van der Waals surface area (Å²) in [5, 5.41) is 10.8. The maximum atomic E-state index is 13.0. The van der Waals surface area contributed by atoms with E-state index in [1.807, 2.05) is 0 Å². The molecule has 0 fully saturated rings. The molecule has 1 aromatic rings. The van der Waals surface area contributed by atoms with Crippen molar-refractivity contribution in [3.05, 3.63) is 28.3 Å². The number of phenolic OH excluding ortho intramolecular Hbond substituents is 1. The topological polar surface area (TPSA) is 49.3 Å². The van der Waals surface area contributed by atoms with Crippen LogP contribution in [0.5, 0.6) is 5.75 Å². The van der Waals surface area contributed by atoms with E-state index in [9.17, 15) is 18.7 Å². The summed E-state index contributed by atoms with van der Waals surface area (Å²) < 4.78 is 26.0. The highest BCUT2D eigenvalue weighted by molar-refractivity contribution is 6.31. The van der Waals surface area contributed by atoms with E-state index in [-0.39, 0.29) is 18.0 Å². The molecule has 0 radical (unpaired) electrons. The molecule has 6 heteroatoms. The molecule has 0 spiro atoms. The number of halogens is 3. The van der Waals surface area contributed by atoms with Gasteiger partial charge in [0.1, 0.15) is 10.8 Å². The van der Waals surface area contributed by atoms with Crippen LogP contribution in [0.3, 0.4) is 0 Å². The van der Waals surface area contributed by atoms with Crippen LogP contribution in [0.15, 0.2) is 6.07 Å². The molecule has 0 aliphatic carbocycles. The van der Waals surface area contributed by atoms with Crippen LogP contribution in [-0.4, -0.2) is 11.0 Å². The fourth-order valence-corrected chi connectivity index (χ4v) is 1.13. The Balaban J connectivity index is 3.04. The zero-order chi connectivity index (χ0) is 11.6. The fourth-order valence-electron chi connectivity index (χ4n) is 0.989. The Kier molecular flexibility index (Phi) is 3.47. The Bertz CT molecular complexity index is 410.